The number of carbonyl (C=O) groups is 2. The number of benzene rings is 2. The Morgan fingerprint density at radius 3 is 2.80 bits per heavy atom. The van der Waals surface area contributed by atoms with E-state index in [-0.39, 0.29) is 24.1 Å². The number of anilines is 1. The summed E-state index contributed by atoms with van der Waals surface area (Å²) in [6.45, 7) is 2.31. The van der Waals surface area contributed by atoms with E-state index in [4.69, 9.17) is 0 Å². The van der Waals surface area contributed by atoms with E-state index < -0.39 is 11.3 Å². The number of rotatable bonds is 1. The van der Waals surface area contributed by atoms with Gasteiger partial charge in [-0.1, -0.05) is 24.3 Å². The monoisotopic (exact) mass is 338 g/mol. The van der Waals surface area contributed by atoms with Crippen LogP contribution in [0.4, 0.5) is 10.1 Å². The van der Waals surface area contributed by atoms with Crippen molar-refractivity contribution in [3.8, 4) is 0 Å². The van der Waals surface area contributed by atoms with E-state index in [1.54, 1.807) is 6.07 Å². The van der Waals surface area contributed by atoms with Crippen molar-refractivity contribution in [2.24, 2.45) is 0 Å². The van der Waals surface area contributed by atoms with E-state index in [0.29, 0.717) is 13.0 Å². The van der Waals surface area contributed by atoms with Crippen LogP contribution in [0.5, 0.6) is 0 Å². The van der Waals surface area contributed by atoms with E-state index in [9.17, 15) is 14.0 Å². The van der Waals surface area contributed by atoms with Gasteiger partial charge in [-0.15, -0.1) is 0 Å². The van der Waals surface area contributed by atoms with Gasteiger partial charge in [-0.2, -0.15) is 0 Å². The summed E-state index contributed by atoms with van der Waals surface area (Å²) >= 11 is 0. The fourth-order valence-corrected chi connectivity index (χ4v) is 4.30. The summed E-state index contributed by atoms with van der Waals surface area (Å²) in [6, 6.07) is 12.2. The van der Waals surface area contributed by atoms with Gasteiger partial charge in [0.05, 0.1) is 5.41 Å². The van der Waals surface area contributed by atoms with Crippen LogP contribution in [0.25, 0.3) is 0 Å². The Hall–Kier alpha value is -2.69. The summed E-state index contributed by atoms with van der Waals surface area (Å²) < 4.78 is 14.0. The molecule has 0 aromatic heterocycles. The maximum atomic E-state index is 14.0. The van der Waals surface area contributed by atoms with Crippen molar-refractivity contribution in [3.63, 3.8) is 0 Å². The molecule has 1 saturated heterocycles. The lowest BCUT2D eigenvalue weighted by molar-refractivity contribution is -0.122. The second kappa shape index (κ2) is 5.69. The first-order valence-corrected chi connectivity index (χ1v) is 8.46. The highest BCUT2D eigenvalue weighted by atomic mass is 19.1. The molecule has 2 amide bonds. The van der Waals surface area contributed by atoms with Gasteiger partial charge in [-0.05, 0) is 48.2 Å². The number of para-hydroxylation sites is 1. The number of hydrogen-bond donors (Lipinski definition) is 2. The number of aryl methyl sites for hydroxylation is 1. The molecule has 1 spiro atoms. The van der Waals surface area contributed by atoms with Crippen LogP contribution in [0.1, 0.15) is 35.4 Å². The van der Waals surface area contributed by atoms with Gasteiger partial charge >= 0.3 is 0 Å². The molecule has 4 nitrogen and oxygen atoms in total. The number of fused-ring (bicyclic) bond motifs is 2. The van der Waals surface area contributed by atoms with Crippen LogP contribution < -0.4 is 10.6 Å². The van der Waals surface area contributed by atoms with Gasteiger partial charge in [0, 0.05) is 24.6 Å². The highest BCUT2D eigenvalue weighted by molar-refractivity contribution is 6.07. The minimum atomic E-state index is -0.867. The third-order valence-corrected chi connectivity index (χ3v) is 5.50. The minimum absolute atomic E-state index is 0.109. The van der Waals surface area contributed by atoms with E-state index in [1.165, 1.54) is 12.1 Å². The predicted molar refractivity (Wildman–Crippen MR) is 92.9 cm³/mol. The molecule has 2 unspecified atom stereocenters. The summed E-state index contributed by atoms with van der Waals surface area (Å²) in [4.78, 5) is 25.4. The number of halogens is 1. The summed E-state index contributed by atoms with van der Waals surface area (Å²) in [7, 11) is 0. The first-order valence-electron chi connectivity index (χ1n) is 8.46. The van der Waals surface area contributed by atoms with E-state index >= 15 is 0 Å². The van der Waals surface area contributed by atoms with Gasteiger partial charge in [0.2, 0.25) is 11.8 Å². The molecule has 128 valence electrons. The van der Waals surface area contributed by atoms with Crippen LogP contribution in [-0.4, -0.2) is 18.4 Å². The average Bonchev–Trinajstić information content (AvgIpc) is 2.75. The fraction of sp³-hybridized carbons (Fsp3) is 0.300. The lowest BCUT2D eigenvalue weighted by atomic mass is 9.65. The Bertz CT molecular complexity index is 880. The van der Waals surface area contributed by atoms with Crippen molar-refractivity contribution in [2.75, 3.05) is 11.9 Å². The molecule has 2 aliphatic heterocycles. The Balaban J connectivity index is 1.96. The zero-order valence-corrected chi connectivity index (χ0v) is 13.9. The zero-order valence-electron chi connectivity index (χ0n) is 13.9. The Morgan fingerprint density at radius 1 is 1.16 bits per heavy atom. The van der Waals surface area contributed by atoms with Crippen molar-refractivity contribution >= 4 is 17.5 Å². The largest absolute Gasteiger partial charge is 0.356 e. The highest BCUT2D eigenvalue weighted by Crippen LogP contribution is 2.52. The molecule has 5 heteroatoms. The van der Waals surface area contributed by atoms with Crippen LogP contribution in [0.2, 0.25) is 0 Å². The van der Waals surface area contributed by atoms with Crippen molar-refractivity contribution in [3.05, 3.63) is 65.0 Å². The van der Waals surface area contributed by atoms with Crippen LogP contribution in [0.15, 0.2) is 42.5 Å². The molecule has 2 atom stereocenters. The van der Waals surface area contributed by atoms with Gasteiger partial charge in [0.1, 0.15) is 5.82 Å². The maximum Gasteiger partial charge on any atom is 0.235 e. The van der Waals surface area contributed by atoms with E-state index in [1.807, 2.05) is 31.2 Å². The third-order valence-electron chi connectivity index (χ3n) is 5.50. The number of amides is 2. The number of hydrogen-bond acceptors (Lipinski definition) is 2. The fourth-order valence-electron chi connectivity index (χ4n) is 4.30. The van der Waals surface area contributed by atoms with Crippen molar-refractivity contribution in [2.45, 2.75) is 31.1 Å². The summed E-state index contributed by atoms with van der Waals surface area (Å²) in [6.07, 6.45) is 0.647. The van der Waals surface area contributed by atoms with Crippen LogP contribution in [0, 0.1) is 12.7 Å². The smallest absolute Gasteiger partial charge is 0.235 e. The molecular formula is C20H19FN2O2. The molecule has 0 bridgehead atoms. The highest BCUT2D eigenvalue weighted by Gasteiger charge is 2.54. The molecule has 0 radical (unpaired) electrons. The van der Waals surface area contributed by atoms with Crippen LogP contribution >= 0.6 is 0 Å². The summed E-state index contributed by atoms with van der Waals surface area (Å²) in [5.74, 6) is -0.983. The standard InChI is InChI=1S/C20H19FN2O2/c1-12-6-7-13(21)10-14(12)16-11-18(24)22-9-8-20(16)15-4-2-3-5-17(15)23-19(20)25/h2-7,10,16H,8-9,11H2,1H3,(H,22,24)(H,23,25). The molecule has 2 aromatic rings. The van der Waals surface area contributed by atoms with Gasteiger partial charge in [0.25, 0.3) is 0 Å². The second-order valence-electron chi connectivity index (χ2n) is 6.83. The molecule has 2 N–H and O–H groups in total. The third kappa shape index (κ3) is 2.34. The SMILES string of the molecule is Cc1ccc(F)cc1C1CC(=O)NCCC12C(=O)Nc1ccccc12. The first kappa shape index (κ1) is 15.8. The second-order valence-corrected chi connectivity index (χ2v) is 6.83. The average molecular weight is 338 g/mol. The minimum Gasteiger partial charge on any atom is -0.356 e. The molecule has 2 heterocycles. The lowest BCUT2D eigenvalue weighted by Gasteiger charge is -2.35. The maximum absolute atomic E-state index is 14.0. The molecule has 2 aliphatic rings. The molecule has 1 fully saturated rings. The Labute approximate surface area is 145 Å². The quantitative estimate of drug-likeness (QED) is 0.840. The summed E-state index contributed by atoms with van der Waals surface area (Å²) in [5, 5.41) is 5.83. The molecule has 0 saturated carbocycles. The topological polar surface area (TPSA) is 58.2 Å². The molecule has 25 heavy (non-hydrogen) atoms. The zero-order chi connectivity index (χ0) is 17.6. The number of carbonyl (C=O) groups excluding carboxylic acids is 2. The van der Waals surface area contributed by atoms with E-state index in [2.05, 4.69) is 10.6 Å². The van der Waals surface area contributed by atoms with Gasteiger partial charge in [-0.25, -0.2) is 4.39 Å². The first-order chi connectivity index (χ1) is 12.0. The van der Waals surface area contributed by atoms with Gasteiger partial charge in [-0.3, -0.25) is 9.59 Å². The van der Waals surface area contributed by atoms with Gasteiger partial charge < -0.3 is 10.6 Å². The Kier molecular flexibility index (Phi) is 3.60. The van der Waals surface area contributed by atoms with Crippen LogP contribution in [-0.2, 0) is 15.0 Å². The normalized spacial score (nSPS) is 25.3. The molecule has 0 aliphatic carbocycles. The van der Waals surface area contributed by atoms with Crippen molar-refractivity contribution < 1.29 is 14.0 Å². The summed E-state index contributed by atoms with van der Waals surface area (Å²) in [5.41, 5.74) is 2.42. The predicted octanol–water partition coefficient (Wildman–Crippen LogP) is 3.02. The van der Waals surface area contributed by atoms with Crippen molar-refractivity contribution in [1.29, 1.82) is 0 Å². The van der Waals surface area contributed by atoms with Crippen LogP contribution in [0.3, 0.4) is 0 Å². The lowest BCUT2D eigenvalue weighted by Crippen LogP contribution is -2.41. The molecule has 4 rings (SSSR count). The molecular weight excluding hydrogens is 319 g/mol. The van der Waals surface area contributed by atoms with E-state index in [0.717, 1.165) is 22.4 Å². The Morgan fingerprint density at radius 2 is 1.96 bits per heavy atom. The molecule has 2 aromatic carbocycles. The van der Waals surface area contributed by atoms with Gasteiger partial charge in [0.15, 0.2) is 0 Å². The number of nitrogens with one attached hydrogen (secondary N) is 2. The van der Waals surface area contributed by atoms with Crippen molar-refractivity contribution in [1.82, 2.24) is 5.32 Å².